The number of ether oxygens (including phenoxy) is 1. The van der Waals surface area contributed by atoms with Gasteiger partial charge >= 0.3 is 0 Å². The fourth-order valence-electron chi connectivity index (χ4n) is 4.94. The lowest BCUT2D eigenvalue weighted by Gasteiger charge is -2.45. The van der Waals surface area contributed by atoms with Gasteiger partial charge < -0.3 is 9.64 Å². The summed E-state index contributed by atoms with van der Waals surface area (Å²) >= 11 is 7.21. The molecule has 1 aliphatic rings. The number of nitrogens with zero attached hydrogens (tertiary/aromatic N) is 1. The summed E-state index contributed by atoms with van der Waals surface area (Å²) in [5.74, 6) is 0.924. The molecular formula is C31H23Br2NO. The van der Waals surface area contributed by atoms with E-state index in [1.165, 1.54) is 27.5 Å². The number of benzene rings is 5. The Balaban J connectivity index is 1.65. The third kappa shape index (κ3) is 4.15. The second-order valence-corrected chi connectivity index (χ2v) is 10.7. The third-order valence-corrected chi connectivity index (χ3v) is 7.70. The molecule has 35 heavy (non-hydrogen) atoms. The topological polar surface area (TPSA) is 12.5 Å². The molecule has 0 radical (unpaired) electrons. The van der Waals surface area contributed by atoms with E-state index in [-0.39, 0.29) is 12.3 Å². The van der Waals surface area contributed by atoms with Crippen LogP contribution in [0.4, 0.5) is 5.69 Å². The van der Waals surface area contributed by atoms with Crippen molar-refractivity contribution in [1.29, 1.82) is 0 Å². The molecule has 0 spiro atoms. The first-order valence-corrected chi connectivity index (χ1v) is 13.2. The van der Waals surface area contributed by atoms with Gasteiger partial charge in [-0.1, -0.05) is 104 Å². The van der Waals surface area contributed by atoms with Gasteiger partial charge in [0, 0.05) is 25.8 Å². The minimum atomic E-state index is -0.284. The summed E-state index contributed by atoms with van der Waals surface area (Å²) in [6, 6.07) is 38.7. The Kier molecular flexibility index (Phi) is 5.87. The molecule has 1 heterocycles. The van der Waals surface area contributed by atoms with Crippen LogP contribution in [-0.4, -0.2) is 0 Å². The molecule has 5 aromatic rings. The number of halogens is 2. The molecule has 0 unspecified atom stereocenters. The van der Waals surface area contributed by atoms with Gasteiger partial charge in [-0.3, -0.25) is 0 Å². The zero-order valence-electron chi connectivity index (χ0n) is 19.2. The molecule has 0 amide bonds. The molecule has 2 nitrogen and oxygen atoms in total. The zero-order valence-corrected chi connectivity index (χ0v) is 22.3. The van der Waals surface area contributed by atoms with Crippen LogP contribution in [0.5, 0.6) is 5.75 Å². The van der Waals surface area contributed by atoms with Crippen molar-refractivity contribution in [3.63, 3.8) is 0 Å². The molecule has 0 aliphatic carbocycles. The van der Waals surface area contributed by atoms with Crippen molar-refractivity contribution >= 4 is 48.3 Å². The van der Waals surface area contributed by atoms with Crippen molar-refractivity contribution in [2.75, 3.05) is 4.90 Å². The lowest BCUT2D eigenvalue weighted by atomic mass is 9.89. The average Bonchev–Trinajstić information content (AvgIpc) is 2.89. The third-order valence-electron chi connectivity index (χ3n) is 6.65. The summed E-state index contributed by atoms with van der Waals surface area (Å²) in [5.41, 5.74) is 5.87. The van der Waals surface area contributed by atoms with Crippen molar-refractivity contribution in [1.82, 2.24) is 0 Å². The molecule has 5 aromatic carbocycles. The fraction of sp³-hybridized carbons (Fsp3) is 0.0968. The first-order valence-electron chi connectivity index (χ1n) is 11.6. The standard InChI is InChI=1S/C31H23Br2NO/c1-20-6-17-26(18-7-20)34-30(22-8-13-24(32)14-9-22)29-27-5-3-2-4-21(27)12-19-28(29)35-31(34)23-10-15-25(33)16-11-23/h2-19,30-31H,1H3/t30-,31+/m0/s1. The predicted octanol–water partition coefficient (Wildman–Crippen LogP) is 9.36. The van der Waals surface area contributed by atoms with E-state index in [1.54, 1.807) is 0 Å². The Labute approximate surface area is 222 Å². The van der Waals surface area contributed by atoms with E-state index >= 15 is 0 Å². The largest absolute Gasteiger partial charge is 0.466 e. The summed E-state index contributed by atoms with van der Waals surface area (Å²) in [5, 5.41) is 2.42. The molecule has 4 heteroatoms. The minimum absolute atomic E-state index is 0.0331. The highest BCUT2D eigenvalue weighted by atomic mass is 79.9. The lowest BCUT2D eigenvalue weighted by molar-refractivity contribution is 0.170. The maximum absolute atomic E-state index is 6.84. The van der Waals surface area contributed by atoms with Crippen LogP contribution < -0.4 is 9.64 Å². The second kappa shape index (κ2) is 9.18. The maximum atomic E-state index is 6.84. The molecule has 2 atom stereocenters. The lowest BCUT2D eigenvalue weighted by Crippen LogP contribution is -2.40. The summed E-state index contributed by atoms with van der Waals surface area (Å²) in [6.45, 7) is 2.12. The van der Waals surface area contributed by atoms with Crippen molar-refractivity contribution < 1.29 is 4.74 Å². The average molecular weight is 585 g/mol. The number of hydrogen-bond acceptors (Lipinski definition) is 2. The van der Waals surface area contributed by atoms with E-state index in [9.17, 15) is 0 Å². The molecule has 1 aliphatic heterocycles. The second-order valence-electron chi connectivity index (χ2n) is 8.92. The van der Waals surface area contributed by atoms with Crippen molar-refractivity contribution in [2.24, 2.45) is 0 Å². The number of hydrogen-bond donors (Lipinski definition) is 0. The van der Waals surface area contributed by atoms with Gasteiger partial charge in [-0.25, -0.2) is 0 Å². The van der Waals surface area contributed by atoms with Gasteiger partial charge in [0.25, 0.3) is 0 Å². The van der Waals surface area contributed by atoms with E-state index in [4.69, 9.17) is 4.74 Å². The van der Waals surface area contributed by atoms with Crippen LogP contribution in [0.15, 0.2) is 118 Å². The van der Waals surface area contributed by atoms with Gasteiger partial charge in [0.2, 0.25) is 0 Å². The molecule has 172 valence electrons. The predicted molar refractivity (Wildman–Crippen MR) is 151 cm³/mol. The quantitative estimate of drug-likeness (QED) is 0.209. The summed E-state index contributed by atoms with van der Waals surface area (Å²) in [4.78, 5) is 2.42. The summed E-state index contributed by atoms with van der Waals surface area (Å²) < 4.78 is 8.96. The highest BCUT2D eigenvalue weighted by Gasteiger charge is 2.39. The number of anilines is 1. The number of fused-ring (bicyclic) bond motifs is 3. The molecule has 0 N–H and O–H groups in total. The van der Waals surface area contributed by atoms with Crippen LogP contribution in [0.1, 0.15) is 34.5 Å². The smallest absolute Gasteiger partial charge is 0.199 e. The zero-order chi connectivity index (χ0) is 23.9. The first kappa shape index (κ1) is 22.4. The normalized spacial score (nSPS) is 17.2. The Morgan fingerprint density at radius 3 is 1.97 bits per heavy atom. The number of rotatable bonds is 3. The van der Waals surface area contributed by atoms with E-state index in [1.807, 2.05) is 0 Å². The van der Waals surface area contributed by atoms with E-state index in [0.29, 0.717) is 0 Å². The number of aryl methyl sites for hydroxylation is 1. The molecular weight excluding hydrogens is 562 g/mol. The van der Waals surface area contributed by atoms with E-state index in [0.717, 1.165) is 25.9 Å². The van der Waals surface area contributed by atoms with Gasteiger partial charge in [0.1, 0.15) is 5.75 Å². The Morgan fingerprint density at radius 1 is 0.657 bits per heavy atom. The van der Waals surface area contributed by atoms with Gasteiger partial charge in [-0.05, 0) is 65.7 Å². The molecule has 0 saturated carbocycles. The SMILES string of the molecule is Cc1ccc(N2[C@@H](c3ccc(Br)cc3)c3c(ccc4ccccc34)O[C@@H]2c2ccc(Br)cc2)cc1. The van der Waals surface area contributed by atoms with Crippen LogP contribution in [0, 0.1) is 6.92 Å². The van der Waals surface area contributed by atoms with Crippen molar-refractivity contribution in [3.05, 3.63) is 140 Å². The maximum Gasteiger partial charge on any atom is 0.199 e. The monoisotopic (exact) mass is 583 g/mol. The van der Waals surface area contributed by atoms with Crippen LogP contribution in [0.3, 0.4) is 0 Å². The Bertz CT molecular complexity index is 1490. The van der Waals surface area contributed by atoms with Crippen molar-refractivity contribution in [3.8, 4) is 5.75 Å². The molecule has 0 saturated heterocycles. The Morgan fingerprint density at radius 2 is 1.29 bits per heavy atom. The van der Waals surface area contributed by atoms with E-state index < -0.39 is 0 Å². The van der Waals surface area contributed by atoms with Gasteiger partial charge in [-0.15, -0.1) is 0 Å². The minimum Gasteiger partial charge on any atom is -0.466 e. The highest BCUT2D eigenvalue weighted by molar-refractivity contribution is 9.10. The molecule has 6 rings (SSSR count). The molecule has 0 fully saturated rings. The van der Waals surface area contributed by atoms with Gasteiger partial charge in [0.05, 0.1) is 6.04 Å². The summed E-state index contributed by atoms with van der Waals surface area (Å²) in [7, 11) is 0. The first-order chi connectivity index (χ1) is 17.1. The van der Waals surface area contributed by atoms with Crippen LogP contribution in [0.25, 0.3) is 10.8 Å². The van der Waals surface area contributed by atoms with Crippen LogP contribution >= 0.6 is 31.9 Å². The van der Waals surface area contributed by atoms with Crippen LogP contribution in [0.2, 0.25) is 0 Å². The summed E-state index contributed by atoms with van der Waals surface area (Å²) in [6.07, 6.45) is -0.284. The highest BCUT2D eigenvalue weighted by Crippen LogP contribution is 2.50. The van der Waals surface area contributed by atoms with Crippen LogP contribution in [-0.2, 0) is 0 Å². The Hall–Kier alpha value is -3.08. The van der Waals surface area contributed by atoms with E-state index in [2.05, 4.69) is 153 Å². The van der Waals surface area contributed by atoms with Gasteiger partial charge in [0.15, 0.2) is 6.23 Å². The van der Waals surface area contributed by atoms with Gasteiger partial charge in [-0.2, -0.15) is 0 Å². The van der Waals surface area contributed by atoms with Crippen molar-refractivity contribution in [2.45, 2.75) is 19.2 Å². The molecule has 0 aromatic heterocycles. The fourth-order valence-corrected chi connectivity index (χ4v) is 5.47. The molecule has 0 bridgehead atoms.